The molecule has 1 aromatic carbocycles. The first-order chi connectivity index (χ1) is 12.7. The molecule has 1 aromatic heterocycles. The van der Waals surface area contributed by atoms with E-state index in [0.29, 0.717) is 23.6 Å². The molecule has 1 amide bonds. The van der Waals surface area contributed by atoms with Gasteiger partial charge in [0.2, 0.25) is 0 Å². The molecule has 0 radical (unpaired) electrons. The lowest BCUT2D eigenvalue weighted by atomic mass is 10.1. The van der Waals surface area contributed by atoms with Gasteiger partial charge in [-0.2, -0.15) is 11.3 Å². The van der Waals surface area contributed by atoms with Crippen LogP contribution >= 0.6 is 11.3 Å². The van der Waals surface area contributed by atoms with E-state index in [2.05, 4.69) is 27.0 Å². The summed E-state index contributed by atoms with van der Waals surface area (Å²) >= 11 is 1.66. The van der Waals surface area contributed by atoms with Crippen LogP contribution in [0.1, 0.15) is 22.0 Å². The molecule has 1 unspecified atom stereocenters. The molecule has 0 spiro atoms. The number of nitrogens with zero attached hydrogens (tertiary/aromatic N) is 1. The molecule has 2 heterocycles. The summed E-state index contributed by atoms with van der Waals surface area (Å²) in [7, 11) is 3.10. The molecule has 1 atom stereocenters. The van der Waals surface area contributed by atoms with E-state index in [1.807, 2.05) is 0 Å². The van der Waals surface area contributed by atoms with E-state index in [1.54, 1.807) is 43.8 Å². The fourth-order valence-corrected chi connectivity index (χ4v) is 3.87. The third kappa shape index (κ3) is 4.17. The van der Waals surface area contributed by atoms with Gasteiger partial charge in [-0.05, 0) is 34.5 Å². The number of methoxy groups -OCH3 is 2. The van der Waals surface area contributed by atoms with E-state index >= 15 is 0 Å². The number of nitrogens with one attached hydrogen (secondary N) is 1. The van der Waals surface area contributed by atoms with E-state index in [-0.39, 0.29) is 11.9 Å². The molecule has 1 aliphatic rings. The molecule has 26 heavy (non-hydrogen) atoms. The zero-order valence-electron chi connectivity index (χ0n) is 15.1. The summed E-state index contributed by atoms with van der Waals surface area (Å²) in [5.74, 6) is 0.799. The normalized spacial score (nSPS) is 16.1. The Morgan fingerprint density at radius 3 is 2.50 bits per heavy atom. The number of hydrogen-bond acceptors (Lipinski definition) is 6. The van der Waals surface area contributed by atoms with Gasteiger partial charge in [-0.1, -0.05) is 6.07 Å². The van der Waals surface area contributed by atoms with Crippen LogP contribution in [0.4, 0.5) is 0 Å². The Bertz CT molecular complexity index is 692. The maximum Gasteiger partial charge on any atom is 0.258 e. The van der Waals surface area contributed by atoms with Crippen molar-refractivity contribution in [2.75, 3.05) is 47.1 Å². The molecule has 6 nitrogen and oxygen atoms in total. The predicted molar refractivity (Wildman–Crippen MR) is 101 cm³/mol. The number of ether oxygens (including phenoxy) is 3. The lowest BCUT2D eigenvalue weighted by Crippen LogP contribution is -2.43. The molecule has 1 fully saturated rings. The van der Waals surface area contributed by atoms with Crippen molar-refractivity contribution >= 4 is 17.2 Å². The number of hydrogen-bond donors (Lipinski definition) is 1. The third-order valence-corrected chi connectivity index (χ3v) is 5.23. The molecule has 1 N–H and O–H groups in total. The Hall–Kier alpha value is -2.09. The maximum absolute atomic E-state index is 12.8. The fourth-order valence-electron chi connectivity index (χ4n) is 3.16. The van der Waals surface area contributed by atoms with E-state index in [0.717, 1.165) is 26.3 Å². The second kappa shape index (κ2) is 9.02. The largest absolute Gasteiger partial charge is 0.496 e. The van der Waals surface area contributed by atoms with Gasteiger partial charge >= 0.3 is 0 Å². The topological polar surface area (TPSA) is 60.0 Å². The van der Waals surface area contributed by atoms with Gasteiger partial charge in [-0.15, -0.1) is 0 Å². The van der Waals surface area contributed by atoms with Crippen molar-refractivity contribution in [3.05, 3.63) is 46.2 Å². The van der Waals surface area contributed by atoms with Crippen molar-refractivity contribution in [2.24, 2.45) is 0 Å². The smallest absolute Gasteiger partial charge is 0.258 e. The Balaban J connectivity index is 1.76. The summed E-state index contributed by atoms with van der Waals surface area (Å²) in [5.41, 5.74) is 1.63. The van der Waals surface area contributed by atoms with E-state index in [9.17, 15) is 4.79 Å². The highest BCUT2D eigenvalue weighted by Gasteiger charge is 2.25. The van der Waals surface area contributed by atoms with Crippen LogP contribution in [0.15, 0.2) is 35.0 Å². The summed E-state index contributed by atoms with van der Waals surface area (Å²) in [5, 5.41) is 7.26. The summed E-state index contributed by atoms with van der Waals surface area (Å²) in [6.07, 6.45) is 0. The number of thiophene rings is 1. The highest BCUT2D eigenvalue weighted by molar-refractivity contribution is 7.07. The molecule has 7 heteroatoms. The van der Waals surface area contributed by atoms with Gasteiger partial charge in [-0.25, -0.2) is 0 Å². The Morgan fingerprint density at radius 2 is 1.92 bits per heavy atom. The van der Waals surface area contributed by atoms with E-state index in [4.69, 9.17) is 14.2 Å². The van der Waals surface area contributed by atoms with Crippen LogP contribution < -0.4 is 14.8 Å². The van der Waals surface area contributed by atoms with Crippen molar-refractivity contribution in [1.29, 1.82) is 0 Å². The summed E-state index contributed by atoms with van der Waals surface area (Å²) in [6, 6.07) is 7.55. The molecule has 2 aromatic rings. The fraction of sp³-hybridized carbons (Fsp3) is 0.421. The lowest BCUT2D eigenvalue weighted by Gasteiger charge is -2.34. The van der Waals surface area contributed by atoms with Crippen molar-refractivity contribution < 1.29 is 19.0 Å². The zero-order chi connectivity index (χ0) is 18.4. The van der Waals surface area contributed by atoms with Crippen LogP contribution in [0.5, 0.6) is 11.5 Å². The molecular weight excluding hydrogens is 352 g/mol. The van der Waals surface area contributed by atoms with Gasteiger partial charge in [0.25, 0.3) is 5.91 Å². The molecule has 3 rings (SSSR count). The van der Waals surface area contributed by atoms with E-state index in [1.165, 1.54) is 5.56 Å². The van der Waals surface area contributed by atoms with Gasteiger partial charge < -0.3 is 19.5 Å². The SMILES string of the molecule is COc1cccc(OC)c1C(=O)NCC(c1ccsc1)N1CCOCC1. The van der Waals surface area contributed by atoms with Crippen LogP contribution in [-0.4, -0.2) is 57.9 Å². The quantitative estimate of drug-likeness (QED) is 0.805. The highest BCUT2D eigenvalue weighted by atomic mass is 32.1. The van der Waals surface area contributed by atoms with Gasteiger partial charge in [0.1, 0.15) is 17.1 Å². The number of benzene rings is 1. The Labute approximate surface area is 157 Å². The predicted octanol–water partition coefficient (Wildman–Crippen LogP) is 2.57. The first-order valence-corrected chi connectivity index (χ1v) is 9.52. The minimum atomic E-state index is -0.201. The maximum atomic E-state index is 12.8. The second-order valence-electron chi connectivity index (χ2n) is 5.97. The number of morpholine rings is 1. The van der Waals surface area contributed by atoms with Crippen LogP contribution in [0, 0.1) is 0 Å². The number of amides is 1. The molecule has 1 saturated heterocycles. The number of carbonyl (C=O) groups excluding carboxylic acids is 1. The first kappa shape index (κ1) is 18.7. The molecule has 0 saturated carbocycles. The van der Waals surface area contributed by atoms with Crippen LogP contribution in [0.2, 0.25) is 0 Å². The Morgan fingerprint density at radius 1 is 1.23 bits per heavy atom. The number of carbonyl (C=O) groups is 1. The van der Waals surface area contributed by atoms with Gasteiger partial charge in [0.15, 0.2) is 0 Å². The zero-order valence-corrected chi connectivity index (χ0v) is 15.9. The first-order valence-electron chi connectivity index (χ1n) is 8.57. The molecular formula is C19H24N2O4S. The minimum Gasteiger partial charge on any atom is -0.496 e. The van der Waals surface area contributed by atoms with Gasteiger partial charge in [-0.3, -0.25) is 9.69 Å². The van der Waals surface area contributed by atoms with Gasteiger partial charge in [0, 0.05) is 19.6 Å². The highest BCUT2D eigenvalue weighted by Crippen LogP contribution is 2.29. The summed E-state index contributed by atoms with van der Waals surface area (Å²) in [6.45, 7) is 3.66. The van der Waals surface area contributed by atoms with Crippen molar-refractivity contribution in [2.45, 2.75) is 6.04 Å². The average molecular weight is 376 g/mol. The molecule has 0 bridgehead atoms. The monoisotopic (exact) mass is 376 g/mol. The summed E-state index contributed by atoms with van der Waals surface area (Å²) < 4.78 is 16.1. The molecule has 140 valence electrons. The average Bonchev–Trinajstić information content (AvgIpc) is 3.22. The Kier molecular flexibility index (Phi) is 6.49. The van der Waals surface area contributed by atoms with Crippen LogP contribution in [0.3, 0.4) is 0 Å². The third-order valence-electron chi connectivity index (χ3n) is 4.53. The van der Waals surface area contributed by atoms with Crippen molar-refractivity contribution in [3.63, 3.8) is 0 Å². The molecule has 1 aliphatic heterocycles. The molecule has 0 aliphatic carbocycles. The summed E-state index contributed by atoms with van der Waals surface area (Å²) in [4.78, 5) is 15.2. The standard InChI is InChI=1S/C19H24N2O4S/c1-23-16-4-3-5-17(24-2)18(16)19(22)20-12-15(14-6-11-26-13-14)21-7-9-25-10-8-21/h3-6,11,13,15H,7-10,12H2,1-2H3,(H,20,22). The van der Waals surface area contributed by atoms with Crippen LogP contribution in [0.25, 0.3) is 0 Å². The lowest BCUT2D eigenvalue weighted by molar-refractivity contribution is 0.0163. The second-order valence-corrected chi connectivity index (χ2v) is 6.75. The van der Waals surface area contributed by atoms with Gasteiger partial charge in [0.05, 0.1) is 33.5 Å². The van der Waals surface area contributed by atoms with Crippen molar-refractivity contribution in [3.8, 4) is 11.5 Å². The van der Waals surface area contributed by atoms with E-state index < -0.39 is 0 Å². The number of rotatable bonds is 7. The van der Waals surface area contributed by atoms with Crippen LogP contribution in [-0.2, 0) is 4.74 Å². The minimum absolute atomic E-state index is 0.120. The van der Waals surface area contributed by atoms with Crippen molar-refractivity contribution in [1.82, 2.24) is 10.2 Å².